The quantitative estimate of drug-likeness (QED) is 0.878. The molecule has 2 amide bonds. The molecule has 2 N–H and O–H groups in total. The molecule has 0 aliphatic rings. The lowest BCUT2D eigenvalue weighted by Crippen LogP contribution is -2.28. The Hall–Kier alpha value is -1.41. The van der Waals surface area contributed by atoms with E-state index in [-0.39, 0.29) is 12.1 Å². The molecule has 2 rings (SSSR count). The Balaban J connectivity index is 2.27. The molecule has 0 saturated carbocycles. The van der Waals surface area contributed by atoms with Crippen molar-refractivity contribution >= 4 is 48.8 Å². The minimum absolute atomic E-state index is 0.0390. The summed E-state index contributed by atoms with van der Waals surface area (Å²) in [7, 11) is 0. The van der Waals surface area contributed by atoms with Crippen LogP contribution in [0.1, 0.15) is 20.8 Å². The molecule has 0 unspecified atom stereocenters. The lowest BCUT2D eigenvalue weighted by atomic mass is 10.4. The van der Waals surface area contributed by atoms with E-state index in [9.17, 15) is 4.79 Å². The number of carbonyl (C=O) groups excluding carboxylic acids is 1. The van der Waals surface area contributed by atoms with Gasteiger partial charge in [-0.15, -0.1) is 0 Å². The first kappa shape index (κ1) is 15.0. The van der Waals surface area contributed by atoms with Gasteiger partial charge >= 0.3 is 6.03 Å². The second kappa shape index (κ2) is 6.36. The summed E-state index contributed by atoms with van der Waals surface area (Å²) in [4.78, 5) is 20.9. The number of hydrogen-bond donors (Lipinski definition) is 2. The Morgan fingerprint density at radius 3 is 2.90 bits per heavy atom. The first-order valence-electron chi connectivity index (χ1n) is 6.18. The normalized spacial score (nSPS) is 10.8. The number of aromatic nitrogens is 2. The predicted molar refractivity (Wildman–Crippen MR) is 83.6 cm³/mol. The zero-order chi connectivity index (χ0) is 14.7. The van der Waals surface area contributed by atoms with Gasteiger partial charge in [0, 0.05) is 6.54 Å². The Morgan fingerprint density at radius 1 is 1.50 bits per heavy atom. The molecule has 0 atom stereocenters. The van der Waals surface area contributed by atoms with Gasteiger partial charge in [-0.2, -0.15) is 4.98 Å². The third-order valence-corrected chi connectivity index (χ3v) is 3.66. The van der Waals surface area contributed by atoms with Crippen molar-refractivity contribution in [3.63, 3.8) is 0 Å². The van der Waals surface area contributed by atoms with Crippen molar-refractivity contribution in [2.45, 2.75) is 26.9 Å². The second-order valence-electron chi connectivity index (χ2n) is 4.27. The van der Waals surface area contributed by atoms with E-state index in [4.69, 9.17) is 4.74 Å². The Morgan fingerprint density at radius 2 is 2.25 bits per heavy atom. The number of carbonyl (C=O) groups is 1. The van der Waals surface area contributed by atoms with E-state index in [0.717, 1.165) is 9.30 Å². The number of fused-ring (bicyclic) bond motifs is 1. The number of rotatable bonds is 4. The topological polar surface area (TPSA) is 76.1 Å². The maximum Gasteiger partial charge on any atom is 0.321 e. The lowest BCUT2D eigenvalue weighted by molar-refractivity contribution is 0.232. The van der Waals surface area contributed by atoms with Gasteiger partial charge in [0.2, 0.25) is 5.88 Å². The summed E-state index contributed by atoms with van der Waals surface area (Å²) in [5.74, 6) is 0.528. The molecule has 2 aromatic heterocycles. The van der Waals surface area contributed by atoms with Crippen molar-refractivity contribution in [1.29, 1.82) is 0 Å². The standard InChI is InChI=1S/C12H15BrN4O2S/c1-4-14-11(18)17-12-15-8-5-7(13)9(19-6(2)3)16-10(8)20-12/h5-6H,4H2,1-3H3,(H2,14,15,17,18). The van der Waals surface area contributed by atoms with Crippen LogP contribution >= 0.6 is 27.3 Å². The van der Waals surface area contributed by atoms with Crippen LogP contribution in [0.4, 0.5) is 9.93 Å². The molecule has 108 valence electrons. The number of pyridine rings is 1. The van der Waals surface area contributed by atoms with Crippen molar-refractivity contribution < 1.29 is 9.53 Å². The van der Waals surface area contributed by atoms with Crippen LogP contribution in [0.3, 0.4) is 0 Å². The van der Waals surface area contributed by atoms with Crippen molar-refractivity contribution in [2.75, 3.05) is 11.9 Å². The van der Waals surface area contributed by atoms with Crippen LogP contribution in [0.15, 0.2) is 10.5 Å². The molecule has 8 heteroatoms. The van der Waals surface area contributed by atoms with Gasteiger partial charge in [0.1, 0.15) is 10.3 Å². The number of urea groups is 1. The summed E-state index contributed by atoms with van der Waals surface area (Å²) >= 11 is 4.71. The molecule has 2 aromatic rings. The van der Waals surface area contributed by atoms with E-state index < -0.39 is 0 Å². The number of anilines is 1. The Labute approximate surface area is 129 Å². The highest BCUT2D eigenvalue weighted by molar-refractivity contribution is 9.10. The van der Waals surface area contributed by atoms with Gasteiger partial charge in [-0.25, -0.2) is 9.78 Å². The predicted octanol–water partition coefficient (Wildman–Crippen LogP) is 3.38. The Bertz CT molecular complexity index is 629. The van der Waals surface area contributed by atoms with Gasteiger partial charge in [0.25, 0.3) is 0 Å². The third kappa shape index (κ3) is 3.57. The van der Waals surface area contributed by atoms with Crippen LogP contribution in [0.2, 0.25) is 0 Å². The summed E-state index contributed by atoms with van der Waals surface area (Å²) in [6.07, 6.45) is 0.0390. The number of thiazole rings is 1. The molecular formula is C12H15BrN4O2S. The van der Waals surface area contributed by atoms with Gasteiger partial charge in [-0.05, 0) is 42.8 Å². The average molecular weight is 359 g/mol. The zero-order valence-corrected chi connectivity index (χ0v) is 13.8. The fourth-order valence-electron chi connectivity index (χ4n) is 1.49. The lowest BCUT2D eigenvalue weighted by Gasteiger charge is -2.09. The first-order valence-corrected chi connectivity index (χ1v) is 7.79. The number of amides is 2. The molecule has 6 nitrogen and oxygen atoms in total. The highest BCUT2D eigenvalue weighted by Gasteiger charge is 2.13. The molecule has 20 heavy (non-hydrogen) atoms. The van der Waals surface area contributed by atoms with E-state index >= 15 is 0 Å². The van der Waals surface area contributed by atoms with Crippen LogP contribution < -0.4 is 15.4 Å². The van der Waals surface area contributed by atoms with Crippen molar-refractivity contribution in [2.24, 2.45) is 0 Å². The van der Waals surface area contributed by atoms with E-state index in [1.807, 2.05) is 26.8 Å². The summed E-state index contributed by atoms with van der Waals surface area (Å²) in [5.41, 5.74) is 0.713. The molecule has 0 saturated heterocycles. The minimum Gasteiger partial charge on any atom is -0.474 e. The summed E-state index contributed by atoms with van der Waals surface area (Å²) in [5, 5.41) is 5.83. The fraction of sp³-hybridized carbons (Fsp3) is 0.417. The monoisotopic (exact) mass is 358 g/mol. The third-order valence-electron chi connectivity index (χ3n) is 2.21. The summed E-state index contributed by atoms with van der Waals surface area (Å²) in [6.45, 7) is 6.29. The van der Waals surface area contributed by atoms with Crippen LogP contribution in [-0.2, 0) is 0 Å². The number of nitrogens with one attached hydrogen (secondary N) is 2. The number of halogens is 1. The van der Waals surface area contributed by atoms with Crippen LogP contribution in [0.5, 0.6) is 5.88 Å². The molecule has 0 fully saturated rings. The van der Waals surface area contributed by atoms with E-state index in [0.29, 0.717) is 23.1 Å². The summed E-state index contributed by atoms with van der Waals surface area (Å²) < 4.78 is 6.35. The van der Waals surface area contributed by atoms with Crippen molar-refractivity contribution in [3.05, 3.63) is 10.5 Å². The fourth-order valence-corrected chi connectivity index (χ4v) is 2.69. The number of nitrogens with zero attached hydrogens (tertiary/aromatic N) is 2. The van der Waals surface area contributed by atoms with Crippen molar-refractivity contribution in [1.82, 2.24) is 15.3 Å². The molecule has 0 radical (unpaired) electrons. The van der Waals surface area contributed by atoms with Gasteiger partial charge in [0.15, 0.2) is 5.13 Å². The van der Waals surface area contributed by atoms with E-state index in [1.165, 1.54) is 11.3 Å². The van der Waals surface area contributed by atoms with E-state index in [2.05, 4.69) is 36.5 Å². The molecule has 0 aliphatic carbocycles. The minimum atomic E-state index is -0.274. The number of ether oxygens (including phenoxy) is 1. The van der Waals surface area contributed by atoms with Crippen LogP contribution in [-0.4, -0.2) is 28.6 Å². The van der Waals surface area contributed by atoms with Gasteiger partial charge in [-0.1, -0.05) is 11.3 Å². The largest absolute Gasteiger partial charge is 0.474 e. The molecular weight excluding hydrogens is 344 g/mol. The van der Waals surface area contributed by atoms with E-state index in [1.54, 1.807) is 0 Å². The maximum atomic E-state index is 11.5. The highest BCUT2D eigenvalue weighted by Crippen LogP contribution is 2.32. The molecule has 0 aromatic carbocycles. The molecule has 0 spiro atoms. The Kier molecular flexibility index (Phi) is 4.77. The van der Waals surface area contributed by atoms with Crippen molar-refractivity contribution in [3.8, 4) is 5.88 Å². The highest BCUT2D eigenvalue weighted by atomic mass is 79.9. The number of hydrogen-bond acceptors (Lipinski definition) is 5. The SMILES string of the molecule is CCNC(=O)Nc1nc2cc(Br)c(OC(C)C)nc2s1. The average Bonchev–Trinajstić information content (AvgIpc) is 2.70. The molecule has 0 bridgehead atoms. The molecule has 2 heterocycles. The maximum absolute atomic E-state index is 11.5. The van der Waals surface area contributed by atoms with Gasteiger partial charge in [-0.3, -0.25) is 5.32 Å². The van der Waals surface area contributed by atoms with Crippen LogP contribution in [0.25, 0.3) is 10.3 Å². The molecule has 0 aliphatic heterocycles. The van der Waals surface area contributed by atoms with Crippen LogP contribution in [0, 0.1) is 0 Å². The van der Waals surface area contributed by atoms with Gasteiger partial charge < -0.3 is 10.1 Å². The zero-order valence-electron chi connectivity index (χ0n) is 11.4. The second-order valence-corrected chi connectivity index (χ2v) is 6.10. The smallest absolute Gasteiger partial charge is 0.321 e. The summed E-state index contributed by atoms with van der Waals surface area (Å²) in [6, 6.07) is 1.56. The van der Waals surface area contributed by atoms with Gasteiger partial charge in [0.05, 0.1) is 10.6 Å². The first-order chi connectivity index (χ1) is 9.49.